The summed E-state index contributed by atoms with van der Waals surface area (Å²) in [6.07, 6.45) is 1.65. The van der Waals surface area contributed by atoms with Gasteiger partial charge in [-0.3, -0.25) is 4.79 Å². The molecule has 1 N–H and O–H groups in total. The zero-order chi connectivity index (χ0) is 10.6. The molecule has 0 amide bonds. The number of carboxylic acid groups (broad SMARTS) is 1. The number of carboxylic acids is 1. The van der Waals surface area contributed by atoms with Gasteiger partial charge in [0.15, 0.2) is 0 Å². The van der Waals surface area contributed by atoms with E-state index < -0.39 is 5.97 Å². The highest BCUT2D eigenvalue weighted by atomic mass is 16.5. The maximum Gasteiger partial charge on any atom is 0.306 e. The van der Waals surface area contributed by atoms with E-state index in [1.165, 1.54) is 0 Å². The second-order valence-electron chi connectivity index (χ2n) is 3.05. The lowest BCUT2D eigenvalue weighted by molar-refractivity contribution is -0.137. The van der Waals surface area contributed by atoms with E-state index >= 15 is 0 Å². The normalized spacial score (nSPS) is 9.86. The van der Waals surface area contributed by atoms with Gasteiger partial charge in [0.05, 0.1) is 6.42 Å². The Bertz CT molecular complexity index is 336. The molecular weight excluding hydrogens is 182 g/mol. The van der Waals surface area contributed by atoms with Crippen molar-refractivity contribution in [1.29, 1.82) is 0 Å². The van der Waals surface area contributed by atoms with Gasteiger partial charge in [0, 0.05) is 11.8 Å². The molecule has 0 saturated carbocycles. The fourth-order valence-corrected chi connectivity index (χ4v) is 0.988. The smallest absolute Gasteiger partial charge is 0.306 e. The topological polar surface area (TPSA) is 59.4 Å². The molecular formula is C10H13NO3. The molecule has 4 nitrogen and oxygen atoms in total. The van der Waals surface area contributed by atoms with Gasteiger partial charge >= 0.3 is 5.97 Å². The minimum absolute atomic E-state index is 0.00490. The van der Waals surface area contributed by atoms with Crippen LogP contribution >= 0.6 is 0 Å². The van der Waals surface area contributed by atoms with E-state index in [0.29, 0.717) is 5.88 Å². The zero-order valence-electron chi connectivity index (χ0n) is 8.28. The SMILES string of the molecule is Cc1ccnc(OCCC(=O)O)c1C. The third-order valence-electron chi connectivity index (χ3n) is 1.98. The van der Waals surface area contributed by atoms with Crippen molar-refractivity contribution in [2.45, 2.75) is 20.3 Å². The highest BCUT2D eigenvalue weighted by molar-refractivity contribution is 5.66. The van der Waals surface area contributed by atoms with Crippen molar-refractivity contribution in [3.63, 3.8) is 0 Å². The first-order valence-electron chi connectivity index (χ1n) is 4.38. The van der Waals surface area contributed by atoms with Gasteiger partial charge in [-0.2, -0.15) is 0 Å². The zero-order valence-corrected chi connectivity index (χ0v) is 8.28. The number of nitrogens with zero attached hydrogens (tertiary/aromatic N) is 1. The minimum atomic E-state index is -0.865. The van der Waals surface area contributed by atoms with Crippen LogP contribution in [0.2, 0.25) is 0 Å². The molecule has 76 valence electrons. The third-order valence-corrected chi connectivity index (χ3v) is 1.98. The highest BCUT2D eigenvalue weighted by Crippen LogP contribution is 2.16. The van der Waals surface area contributed by atoms with Gasteiger partial charge < -0.3 is 9.84 Å². The predicted molar refractivity (Wildman–Crippen MR) is 51.5 cm³/mol. The second kappa shape index (κ2) is 4.60. The molecule has 0 fully saturated rings. The Balaban J connectivity index is 2.59. The Morgan fingerprint density at radius 2 is 2.29 bits per heavy atom. The minimum Gasteiger partial charge on any atom is -0.481 e. The van der Waals surface area contributed by atoms with Gasteiger partial charge in [0.2, 0.25) is 5.88 Å². The predicted octanol–water partition coefficient (Wildman–Crippen LogP) is 1.55. The summed E-state index contributed by atoms with van der Waals surface area (Å²) < 4.78 is 5.24. The fraction of sp³-hybridized carbons (Fsp3) is 0.400. The van der Waals surface area contributed by atoms with Gasteiger partial charge in [-0.25, -0.2) is 4.98 Å². The molecule has 0 radical (unpaired) electrons. The lowest BCUT2D eigenvalue weighted by Crippen LogP contribution is -2.06. The molecule has 0 bridgehead atoms. The van der Waals surface area contributed by atoms with Crippen LogP contribution in [-0.4, -0.2) is 22.7 Å². The van der Waals surface area contributed by atoms with Gasteiger partial charge in [-0.1, -0.05) is 0 Å². The Kier molecular flexibility index (Phi) is 3.45. The molecule has 0 aromatic carbocycles. The van der Waals surface area contributed by atoms with Crippen LogP contribution in [0, 0.1) is 13.8 Å². The fourth-order valence-electron chi connectivity index (χ4n) is 0.988. The number of aromatic nitrogens is 1. The molecule has 4 heteroatoms. The van der Waals surface area contributed by atoms with Crippen molar-refractivity contribution in [2.24, 2.45) is 0 Å². The summed E-state index contributed by atoms with van der Waals surface area (Å²) in [5, 5.41) is 8.41. The van der Waals surface area contributed by atoms with E-state index in [0.717, 1.165) is 11.1 Å². The van der Waals surface area contributed by atoms with Crippen molar-refractivity contribution < 1.29 is 14.6 Å². The number of ether oxygens (including phenoxy) is 1. The molecule has 0 spiro atoms. The number of pyridine rings is 1. The number of aryl methyl sites for hydroxylation is 1. The van der Waals surface area contributed by atoms with Gasteiger partial charge in [-0.05, 0) is 25.5 Å². The molecule has 1 aromatic heterocycles. The number of hydrogen-bond acceptors (Lipinski definition) is 3. The highest BCUT2D eigenvalue weighted by Gasteiger charge is 2.04. The summed E-state index contributed by atoms with van der Waals surface area (Å²) in [5.74, 6) is -0.346. The second-order valence-corrected chi connectivity index (χ2v) is 3.05. The summed E-state index contributed by atoms with van der Waals surface area (Å²) in [6, 6.07) is 1.89. The Morgan fingerprint density at radius 3 is 2.93 bits per heavy atom. The quantitative estimate of drug-likeness (QED) is 0.791. The van der Waals surface area contributed by atoms with Crippen LogP contribution in [0.5, 0.6) is 5.88 Å². The number of aliphatic carboxylic acids is 1. The first kappa shape index (κ1) is 10.5. The van der Waals surface area contributed by atoms with Crippen molar-refractivity contribution in [3.05, 3.63) is 23.4 Å². The summed E-state index contributed by atoms with van der Waals surface area (Å²) >= 11 is 0. The molecule has 14 heavy (non-hydrogen) atoms. The average molecular weight is 195 g/mol. The first-order chi connectivity index (χ1) is 6.61. The Hall–Kier alpha value is -1.58. The molecule has 0 aliphatic heterocycles. The molecule has 0 atom stereocenters. The summed E-state index contributed by atoms with van der Waals surface area (Å²) in [6.45, 7) is 4.02. The van der Waals surface area contributed by atoms with Gasteiger partial charge in [-0.15, -0.1) is 0 Å². The molecule has 1 aromatic rings. The van der Waals surface area contributed by atoms with Crippen LogP contribution in [-0.2, 0) is 4.79 Å². The van der Waals surface area contributed by atoms with Crippen molar-refractivity contribution in [2.75, 3.05) is 6.61 Å². The van der Waals surface area contributed by atoms with Gasteiger partial charge in [0.25, 0.3) is 0 Å². The summed E-state index contributed by atoms with van der Waals surface area (Å²) in [5.41, 5.74) is 2.04. The third kappa shape index (κ3) is 2.73. The Morgan fingerprint density at radius 1 is 1.57 bits per heavy atom. The number of rotatable bonds is 4. The molecule has 0 aliphatic carbocycles. The van der Waals surface area contributed by atoms with E-state index in [1.54, 1.807) is 6.20 Å². The lowest BCUT2D eigenvalue weighted by atomic mass is 10.2. The molecule has 1 rings (SSSR count). The van der Waals surface area contributed by atoms with Crippen molar-refractivity contribution >= 4 is 5.97 Å². The van der Waals surface area contributed by atoms with Crippen molar-refractivity contribution in [1.82, 2.24) is 4.98 Å². The average Bonchev–Trinajstić information content (AvgIpc) is 2.12. The monoisotopic (exact) mass is 195 g/mol. The van der Waals surface area contributed by atoms with E-state index in [1.807, 2.05) is 19.9 Å². The van der Waals surface area contributed by atoms with Crippen LogP contribution in [0.3, 0.4) is 0 Å². The maximum atomic E-state index is 10.2. The van der Waals surface area contributed by atoms with Crippen LogP contribution in [0.4, 0.5) is 0 Å². The first-order valence-corrected chi connectivity index (χ1v) is 4.38. The van der Waals surface area contributed by atoms with E-state index in [-0.39, 0.29) is 13.0 Å². The molecule has 0 saturated heterocycles. The van der Waals surface area contributed by atoms with Gasteiger partial charge in [0.1, 0.15) is 6.61 Å². The van der Waals surface area contributed by atoms with Crippen molar-refractivity contribution in [3.8, 4) is 5.88 Å². The molecule has 0 unspecified atom stereocenters. The van der Waals surface area contributed by atoms with Crippen LogP contribution in [0.25, 0.3) is 0 Å². The number of carbonyl (C=O) groups is 1. The largest absolute Gasteiger partial charge is 0.481 e. The van der Waals surface area contributed by atoms with Crippen LogP contribution in [0.1, 0.15) is 17.5 Å². The Labute approximate surface area is 82.5 Å². The van der Waals surface area contributed by atoms with E-state index in [2.05, 4.69) is 4.98 Å². The standard InChI is InChI=1S/C10H13NO3/c1-7-3-5-11-10(8(7)2)14-6-4-9(12)13/h3,5H,4,6H2,1-2H3,(H,12,13). The van der Waals surface area contributed by atoms with E-state index in [4.69, 9.17) is 9.84 Å². The number of hydrogen-bond donors (Lipinski definition) is 1. The summed E-state index contributed by atoms with van der Waals surface area (Å²) in [4.78, 5) is 14.3. The van der Waals surface area contributed by atoms with Crippen LogP contribution in [0.15, 0.2) is 12.3 Å². The molecule has 1 heterocycles. The molecule has 0 aliphatic rings. The lowest BCUT2D eigenvalue weighted by Gasteiger charge is -2.07. The summed E-state index contributed by atoms with van der Waals surface area (Å²) in [7, 11) is 0. The van der Waals surface area contributed by atoms with Crippen LogP contribution < -0.4 is 4.74 Å². The maximum absolute atomic E-state index is 10.2. The van der Waals surface area contributed by atoms with E-state index in [9.17, 15) is 4.79 Å².